The molecule has 296 valence electrons. The monoisotopic (exact) mass is 752 g/mol. The van der Waals surface area contributed by atoms with Crippen LogP contribution in [0.2, 0.25) is 0 Å². The average molecular weight is 753 g/mol. The van der Waals surface area contributed by atoms with Crippen molar-refractivity contribution in [2.24, 2.45) is 0 Å². The molecule has 0 aliphatic carbocycles. The maximum absolute atomic E-state index is 13.0. The lowest BCUT2D eigenvalue weighted by Gasteiger charge is -2.39. The number of imide groups is 1. The van der Waals surface area contributed by atoms with Crippen LogP contribution < -0.4 is 16.0 Å². The first-order valence-corrected chi connectivity index (χ1v) is 16.8. The molecule has 3 saturated heterocycles. The average Bonchev–Trinajstić information content (AvgIpc) is 3.42. The fraction of sp³-hybridized carbons (Fsp3) is 0.800. The van der Waals surface area contributed by atoms with Crippen LogP contribution in [0.5, 0.6) is 0 Å². The first-order valence-electron chi connectivity index (χ1n) is 16.8. The maximum Gasteiger partial charge on any atom is 0.333 e. The molecule has 22 nitrogen and oxygen atoms in total. The van der Waals surface area contributed by atoms with Gasteiger partial charge in [0.25, 0.3) is 11.8 Å². The van der Waals surface area contributed by atoms with Crippen molar-refractivity contribution >= 4 is 35.5 Å². The summed E-state index contributed by atoms with van der Waals surface area (Å²) >= 11 is 0. The van der Waals surface area contributed by atoms with E-state index in [0.717, 1.165) is 0 Å². The summed E-state index contributed by atoms with van der Waals surface area (Å²) in [6, 6.07) is -1.42. The summed E-state index contributed by atoms with van der Waals surface area (Å²) in [7, 11) is 0. The zero-order valence-electron chi connectivity index (χ0n) is 28.4. The third-order valence-corrected chi connectivity index (χ3v) is 8.32. The summed E-state index contributed by atoms with van der Waals surface area (Å²) in [6.45, 7) is -0.0902. The SMILES string of the molecule is C[C@@H]1O[C@@H](OCCNC(=O)C[C@H](NC(=O)CCCCC(=O)ON2C(=O)CCC2=O)C(=O)NCCO[C@H]2O[C@H](CO)[C@@H](O)[C@H](O)[C@@H]2O)[C@@H](O)[C@H](O)[C@@H]1O. The molecule has 0 aromatic carbocycles. The summed E-state index contributed by atoms with van der Waals surface area (Å²) in [5.74, 6) is -4.30. The number of aliphatic hydroxyl groups excluding tert-OH is 7. The smallest absolute Gasteiger partial charge is 0.333 e. The molecule has 0 bridgehead atoms. The number of nitrogens with one attached hydrogen (secondary N) is 3. The number of carbonyl (C=O) groups is 6. The normalized spacial score (nSPS) is 31.2. The highest BCUT2D eigenvalue weighted by Crippen LogP contribution is 2.23. The first-order chi connectivity index (χ1) is 24.6. The molecule has 22 heteroatoms. The number of nitrogens with zero attached hydrogens (tertiary/aromatic N) is 1. The number of rotatable bonds is 19. The molecule has 10 N–H and O–H groups in total. The van der Waals surface area contributed by atoms with Crippen LogP contribution in [-0.4, -0.2) is 177 Å². The van der Waals surface area contributed by atoms with Crippen molar-refractivity contribution < 1.29 is 88.3 Å². The molecule has 3 aliphatic heterocycles. The molecule has 0 spiro atoms. The van der Waals surface area contributed by atoms with E-state index in [0.29, 0.717) is 5.06 Å². The van der Waals surface area contributed by atoms with Gasteiger partial charge in [0, 0.05) is 38.8 Å². The highest BCUT2D eigenvalue weighted by atomic mass is 16.7. The third kappa shape index (κ3) is 12.3. The lowest BCUT2D eigenvalue weighted by Crippen LogP contribution is -2.59. The molecule has 0 radical (unpaired) electrons. The van der Waals surface area contributed by atoms with Crippen LogP contribution in [-0.2, 0) is 52.6 Å². The van der Waals surface area contributed by atoms with Crippen LogP contribution in [0, 0.1) is 0 Å². The molecule has 11 atom stereocenters. The largest absolute Gasteiger partial charge is 0.394 e. The highest BCUT2D eigenvalue weighted by molar-refractivity contribution is 6.01. The number of carbonyl (C=O) groups excluding carboxylic acids is 6. The Morgan fingerprint density at radius 1 is 0.769 bits per heavy atom. The predicted octanol–water partition coefficient (Wildman–Crippen LogP) is -6.08. The zero-order valence-corrected chi connectivity index (χ0v) is 28.4. The van der Waals surface area contributed by atoms with Crippen molar-refractivity contribution in [1.29, 1.82) is 0 Å². The van der Waals surface area contributed by atoms with Gasteiger partial charge in [-0.2, -0.15) is 0 Å². The molecule has 52 heavy (non-hydrogen) atoms. The maximum atomic E-state index is 13.0. The van der Waals surface area contributed by atoms with Gasteiger partial charge in [0.15, 0.2) is 12.6 Å². The minimum atomic E-state index is -1.68. The van der Waals surface area contributed by atoms with Crippen molar-refractivity contribution in [1.82, 2.24) is 21.0 Å². The summed E-state index contributed by atoms with van der Waals surface area (Å²) in [5.41, 5.74) is 0. The Labute approximate surface area is 297 Å². The van der Waals surface area contributed by atoms with Crippen LogP contribution in [0.25, 0.3) is 0 Å². The Kier molecular flexibility index (Phi) is 17.1. The summed E-state index contributed by atoms with van der Waals surface area (Å²) in [5, 5.41) is 76.8. The molecule has 5 amide bonds. The van der Waals surface area contributed by atoms with Crippen molar-refractivity contribution in [3.8, 4) is 0 Å². The van der Waals surface area contributed by atoms with E-state index >= 15 is 0 Å². The molecule has 0 saturated carbocycles. The van der Waals surface area contributed by atoms with E-state index in [1.165, 1.54) is 6.92 Å². The second kappa shape index (κ2) is 20.7. The minimum absolute atomic E-state index is 0.0617. The van der Waals surface area contributed by atoms with Crippen LogP contribution in [0.1, 0.15) is 51.9 Å². The summed E-state index contributed by atoms with van der Waals surface area (Å²) in [6.07, 6.45) is -15.0. The number of aliphatic hydroxyl groups is 7. The standard InChI is InChI=1S/C30H48N4O18/c1-14-22(41)24(43)26(45)29(50-14)48-10-8-31-18(37)12-15(28(47)32-9-11-49-30-27(46)25(44)23(42)16(13-35)51-30)33-17(36)4-2-3-5-21(40)52-34-19(38)6-7-20(34)39/h14-16,22-27,29-30,35,41-46H,2-13H2,1H3,(H,31,37)(H,32,47)(H,33,36)/t14-,15-,16+,22+,23+,24+,25-,26-,27-,29+,30-/m0/s1. The Morgan fingerprint density at radius 2 is 1.33 bits per heavy atom. The van der Waals surface area contributed by atoms with Gasteiger partial charge in [-0.3, -0.25) is 24.0 Å². The molecule has 3 heterocycles. The quantitative estimate of drug-likeness (QED) is 0.0433. The lowest BCUT2D eigenvalue weighted by atomic mass is 9.99. The van der Waals surface area contributed by atoms with Gasteiger partial charge < -0.3 is 75.5 Å². The number of hydroxylamine groups is 2. The summed E-state index contributed by atoms with van der Waals surface area (Å²) in [4.78, 5) is 78.5. The van der Waals surface area contributed by atoms with Crippen LogP contribution in [0.3, 0.4) is 0 Å². The van der Waals surface area contributed by atoms with Crippen LogP contribution in [0.15, 0.2) is 0 Å². The van der Waals surface area contributed by atoms with E-state index in [2.05, 4.69) is 16.0 Å². The Morgan fingerprint density at radius 3 is 1.94 bits per heavy atom. The van der Waals surface area contributed by atoms with Gasteiger partial charge in [-0.25, -0.2) is 4.79 Å². The van der Waals surface area contributed by atoms with Gasteiger partial charge in [-0.05, 0) is 19.8 Å². The Bertz CT molecular complexity index is 1220. The van der Waals surface area contributed by atoms with Gasteiger partial charge in [-0.1, -0.05) is 0 Å². The highest BCUT2D eigenvalue weighted by Gasteiger charge is 2.44. The van der Waals surface area contributed by atoms with Crippen molar-refractivity contribution in [2.45, 2.75) is 119 Å². The molecule has 0 aromatic heterocycles. The van der Waals surface area contributed by atoms with Gasteiger partial charge in [0.1, 0.15) is 48.8 Å². The molecule has 3 aliphatic rings. The van der Waals surface area contributed by atoms with Crippen molar-refractivity contribution in [3.63, 3.8) is 0 Å². The fourth-order valence-corrected chi connectivity index (χ4v) is 5.29. The lowest BCUT2D eigenvalue weighted by molar-refractivity contribution is -0.300. The van der Waals surface area contributed by atoms with E-state index in [1.54, 1.807) is 0 Å². The zero-order chi connectivity index (χ0) is 38.5. The molecular formula is C30H48N4O18. The van der Waals surface area contributed by atoms with Gasteiger partial charge in [0.2, 0.25) is 17.7 Å². The molecule has 0 unspecified atom stereocenters. The van der Waals surface area contributed by atoms with Crippen molar-refractivity contribution in [2.75, 3.05) is 32.9 Å². The Hall–Kier alpha value is -3.42. The molecule has 3 rings (SSSR count). The van der Waals surface area contributed by atoms with E-state index in [9.17, 15) is 64.5 Å². The van der Waals surface area contributed by atoms with Gasteiger partial charge in [-0.15, -0.1) is 5.06 Å². The molecular weight excluding hydrogens is 704 g/mol. The number of ether oxygens (including phenoxy) is 4. The minimum Gasteiger partial charge on any atom is -0.394 e. The Balaban J connectivity index is 1.47. The van der Waals surface area contributed by atoms with Crippen LogP contribution >= 0.6 is 0 Å². The second-order valence-electron chi connectivity index (χ2n) is 12.3. The molecule has 3 fully saturated rings. The topological polar surface area (TPSA) is 330 Å². The second-order valence-corrected chi connectivity index (χ2v) is 12.3. The van der Waals surface area contributed by atoms with Gasteiger partial charge in [0.05, 0.1) is 32.3 Å². The van der Waals surface area contributed by atoms with Gasteiger partial charge >= 0.3 is 5.97 Å². The van der Waals surface area contributed by atoms with E-state index in [1.807, 2.05) is 0 Å². The first kappa shape index (κ1) is 43.0. The van der Waals surface area contributed by atoms with Crippen LogP contribution in [0.4, 0.5) is 0 Å². The van der Waals surface area contributed by atoms with E-state index in [4.69, 9.17) is 23.8 Å². The number of amides is 5. The molecule has 0 aromatic rings. The number of unbranched alkanes of at least 4 members (excludes halogenated alkanes) is 1. The number of hydrogen-bond acceptors (Lipinski definition) is 18. The number of hydrogen-bond donors (Lipinski definition) is 10. The third-order valence-electron chi connectivity index (χ3n) is 8.32. The summed E-state index contributed by atoms with van der Waals surface area (Å²) < 4.78 is 21.2. The van der Waals surface area contributed by atoms with E-state index in [-0.39, 0.29) is 64.8 Å². The van der Waals surface area contributed by atoms with E-state index < -0.39 is 116 Å². The predicted molar refractivity (Wildman–Crippen MR) is 166 cm³/mol. The van der Waals surface area contributed by atoms with Crippen molar-refractivity contribution in [3.05, 3.63) is 0 Å². The fourth-order valence-electron chi connectivity index (χ4n) is 5.29.